The molecular formula is C23H22N2O4S. The molecule has 30 heavy (non-hydrogen) atoms. The first-order chi connectivity index (χ1) is 14.5. The number of hydrogen-bond acceptors (Lipinski definition) is 4. The molecule has 1 N–H and O–H groups in total. The molecule has 5 rings (SSSR count). The van der Waals surface area contributed by atoms with Crippen molar-refractivity contribution >= 4 is 38.1 Å². The van der Waals surface area contributed by atoms with E-state index in [1.807, 2.05) is 24.3 Å². The highest BCUT2D eigenvalue weighted by molar-refractivity contribution is 7.93. The van der Waals surface area contributed by atoms with E-state index in [0.29, 0.717) is 16.8 Å². The third-order valence-corrected chi connectivity index (χ3v) is 7.51. The van der Waals surface area contributed by atoms with Gasteiger partial charge in [0.15, 0.2) is 0 Å². The number of ether oxygens (including phenoxy) is 1. The van der Waals surface area contributed by atoms with Gasteiger partial charge in [0.1, 0.15) is 12.3 Å². The van der Waals surface area contributed by atoms with Gasteiger partial charge in [0.2, 0.25) is 5.91 Å². The number of sulfonamides is 1. The van der Waals surface area contributed by atoms with Crippen LogP contribution in [0.25, 0.3) is 10.8 Å². The number of nitrogens with one attached hydrogen (secondary N) is 1. The summed E-state index contributed by atoms with van der Waals surface area (Å²) in [7, 11) is -3.75. The third-order valence-electron chi connectivity index (χ3n) is 5.71. The van der Waals surface area contributed by atoms with E-state index in [9.17, 15) is 13.2 Å². The van der Waals surface area contributed by atoms with E-state index in [4.69, 9.17) is 4.74 Å². The molecule has 0 atom stereocenters. The molecule has 0 saturated heterocycles. The molecule has 1 heterocycles. The summed E-state index contributed by atoms with van der Waals surface area (Å²) in [5, 5.41) is 4.30. The quantitative estimate of drug-likeness (QED) is 0.665. The van der Waals surface area contributed by atoms with Crippen LogP contribution in [0.4, 0.5) is 11.4 Å². The predicted molar refractivity (Wildman–Crippen MR) is 116 cm³/mol. The fourth-order valence-electron chi connectivity index (χ4n) is 4.27. The Kier molecular flexibility index (Phi) is 4.62. The molecule has 3 aromatic carbocycles. The Morgan fingerprint density at radius 2 is 1.70 bits per heavy atom. The zero-order chi connectivity index (χ0) is 20.7. The highest BCUT2D eigenvalue weighted by Gasteiger charge is 2.36. The number of rotatable bonds is 5. The smallest absolute Gasteiger partial charge is 0.265 e. The largest absolute Gasteiger partial charge is 0.490 e. The number of anilines is 2. The Bertz CT molecular complexity index is 1210. The SMILES string of the molecule is O=C(CN1c2cccc3cccc(c23)S1(=O)=O)Nc1ccc(OC2CCCC2)cc1. The van der Waals surface area contributed by atoms with E-state index in [0.717, 1.165) is 24.0 Å². The van der Waals surface area contributed by atoms with Crippen molar-refractivity contribution in [2.24, 2.45) is 0 Å². The molecule has 3 aromatic rings. The standard InChI is InChI=1S/C23H22N2O4S/c26-22(24-17-11-13-19(14-12-17)29-18-7-1-2-8-18)15-25-20-9-3-5-16-6-4-10-21(23(16)20)30(25,27)28/h3-6,9-14,18H,1-2,7-8,15H2,(H,24,26). The molecule has 7 heteroatoms. The molecule has 1 fully saturated rings. The van der Waals surface area contributed by atoms with E-state index in [1.54, 1.807) is 36.4 Å². The van der Waals surface area contributed by atoms with Crippen molar-refractivity contribution in [2.45, 2.75) is 36.7 Å². The lowest BCUT2D eigenvalue weighted by molar-refractivity contribution is -0.114. The van der Waals surface area contributed by atoms with Gasteiger partial charge in [-0.2, -0.15) is 0 Å². The maximum Gasteiger partial charge on any atom is 0.265 e. The molecule has 0 bridgehead atoms. The second-order valence-electron chi connectivity index (χ2n) is 7.74. The summed E-state index contributed by atoms with van der Waals surface area (Å²) >= 11 is 0. The fourth-order valence-corrected chi connectivity index (χ4v) is 5.94. The van der Waals surface area contributed by atoms with Crippen molar-refractivity contribution in [2.75, 3.05) is 16.2 Å². The Labute approximate surface area is 175 Å². The van der Waals surface area contributed by atoms with Crippen LogP contribution in [0.5, 0.6) is 5.75 Å². The monoisotopic (exact) mass is 422 g/mol. The molecule has 1 aliphatic carbocycles. The van der Waals surface area contributed by atoms with Gasteiger partial charge in [0.25, 0.3) is 10.0 Å². The van der Waals surface area contributed by atoms with Crippen molar-refractivity contribution in [1.29, 1.82) is 0 Å². The van der Waals surface area contributed by atoms with Crippen molar-refractivity contribution in [3.05, 3.63) is 60.7 Å². The molecule has 0 unspecified atom stereocenters. The topological polar surface area (TPSA) is 75.7 Å². The van der Waals surface area contributed by atoms with E-state index in [2.05, 4.69) is 5.32 Å². The zero-order valence-corrected chi connectivity index (χ0v) is 17.2. The fraction of sp³-hybridized carbons (Fsp3) is 0.261. The van der Waals surface area contributed by atoms with Crippen LogP contribution in [-0.2, 0) is 14.8 Å². The summed E-state index contributed by atoms with van der Waals surface area (Å²) in [6.45, 7) is -0.281. The van der Waals surface area contributed by atoms with Gasteiger partial charge < -0.3 is 10.1 Å². The Morgan fingerprint density at radius 1 is 1.00 bits per heavy atom. The molecule has 0 aromatic heterocycles. The van der Waals surface area contributed by atoms with Crippen LogP contribution in [-0.4, -0.2) is 27.0 Å². The molecule has 1 saturated carbocycles. The van der Waals surface area contributed by atoms with Gasteiger partial charge >= 0.3 is 0 Å². The van der Waals surface area contributed by atoms with Gasteiger partial charge in [-0.15, -0.1) is 0 Å². The Balaban J connectivity index is 1.31. The highest BCUT2D eigenvalue weighted by atomic mass is 32.2. The summed E-state index contributed by atoms with van der Waals surface area (Å²) in [5.41, 5.74) is 1.14. The van der Waals surface area contributed by atoms with E-state index < -0.39 is 15.9 Å². The van der Waals surface area contributed by atoms with E-state index in [1.165, 1.54) is 17.1 Å². The first-order valence-electron chi connectivity index (χ1n) is 10.1. The number of carbonyl (C=O) groups excluding carboxylic acids is 1. The van der Waals surface area contributed by atoms with Crippen molar-refractivity contribution in [3.63, 3.8) is 0 Å². The van der Waals surface area contributed by atoms with Gasteiger partial charge in [-0.25, -0.2) is 8.42 Å². The lowest BCUT2D eigenvalue weighted by Crippen LogP contribution is -2.35. The van der Waals surface area contributed by atoms with E-state index in [-0.39, 0.29) is 17.5 Å². The number of benzene rings is 3. The highest BCUT2D eigenvalue weighted by Crippen LogP contribution is 2.41. The molecule has 0 spiro atoms. The number of carbonyl (C=O) groups is 1. The normalized spacial score (nSPS) is 17.4. The van der Waals surface area contributed by atoms with Crippen LogP contribution in [0.15, 0.2) is 65.6 Å². The molecule has 154 valence electrons. The van der Waals surface area contributed by atoms with Crippen LogP contribution in [0.2, 0.25) is 0 Å². The number of hydrogen-bond donors (Lipinski definition) is 1. The summed E-state index contributed by atoms with van der Waals surface area (Å²) in [4.78, 5) is 12.9. The minimum Gasteiger partial charge on any atom is -0.490 e. The Morgan fingerprint density at radius 3 is 2.43 bits per heavy atom. The van der Waals surface area contributed by atoms with Crippen LogP contribution in [0.3, 0.4) is 0 Å². The second kappa shape index (κ2) is 7.32. The molecule has 1 amide bonds. The Hall–Kier alpha value is -3.06. The van der Waals surface area contributed by atoms with Gasteiger partial charge in [0, 0.05) is 11.1 Å². The van der Waals surface area contributed by atoms with Crippen LogP contribution in [0, 0.1) is 0 Å². The predicted octanol–water partition coefficient (Wildman–Crippen LogP) is 4.31. The maximum atomic E-state index is 13.0. The first-order valence-corrected chi connectivity index (χ1v) is 11.6. The first kappa shape index (κ1) is 18.9. The third kappa shape index (κ3) is 3.29. The van der Waals surface area contributed by atoms with Crippen LogP contribution < -0.4 is 14.4 Å². The van der Waals surface area contributed by atoms with Crippen molar-refractivity contribution in [3.8, 4) is 5.75 Å². The minimum absolute atomic E-state index is 0.247. The summed E-state index contributed by atoms with van der Waals surface area (Å²) in [5.74, 6) is 0.386. The average molecular weight is 423 g/mol. The van der Waals surface area contributed by atoms with Crippen molar-refractivity contribution < 1.29 is 17.9 Å². The lowest BCUT2D eigenvalue weighted by atomic mass is 10.1. The van der Waals surface area contributed by atoms with Crippen LogP contribution in [0.1, 0.15) is 25.7 Å². The molecule has 2 aliphatic rings. The maximum absolute atomic E-state index is 13.0. The average Bonchev–Trinajstić information content (AvgIpc) is 3.32. The van der Waals surface area contributed by atoms with E-state index >= 15 is 0 Å². The zero-order valence-electron chi connectivity index (χ0n) is 16.4. The van der Waals surface area contributed by atoms with Gasteiger partial charge in [-0.05, 0) is 67.5 Å². The minimum atomic E-state index is -3.75. The molecule has 0 radical (unpaired) electrons. The summed E-state index contributed by atoms with van der Waals surface area (Å²) < 4.78 is 33.1. The van der Waals surface area contributed by atoms with Gasteiger partial charge in [-0.1, -0.05) is 24.3 Å². The molecular weight excluding hydrogens is 400 g/mol. The summed E-state index contributed by atoms with van der Waals surface area (Å²) in [6, 6.07) is 17.8. The number of amides is 1. The van der Waals surface area contributed by atoms with Crippen LogP contribution >= 0.6 is 0 Å². The van der Waals surface area contributed by atoms with Gasteiger partial charge in [-0.3, -0.25) is 9.10 Å². The molecule has 6 nitrogen and oxygen atoms in total. The number of nitrogens with zero attached hydrogens (tertiary/aromatic N) is 1. The second-order valence-corrected chi connectivity index (χ2v) is 9.57. The van der Waals surface area contributed by atoms with Gasteiger partial charge in [0.05, 0.1) is 16.7 Å². The van der Waals surface area contributed by atoms with Crippen molar-refractivity contribution in [1.82, 2.24) is 0 Å². The molecule has 1 aliphatic heterocycles. The summed E-state index contributed by atoms with van der Waals surface area (Å²) in [6.07, 6.45) is 4.84. The lowest BCUT2D eigenvalue weighted by Gasteiger charge is -2.18.